The lowest BCUT2D eigenvalue weighted by Gasteiger charge is -2.23. The summed E-state index contributed by atoms with van der Waals surface area (Å²) in [6, 6.07) is 25.5. The molecule has 4 bridgehead atoms. The molecule has 2 aliphatic rings. The van der Waals surface area contributed by atoms with Crippen molar-refractivity contribution >= 4 is 96.2 Å². The minimum absolute atomic E-state index is 0. The van der Waals surface area contributed by atoms with Gasteiger partial charge < -0.3 is 31.9 Å². The van der Waals surface area contributed by atoms with E-state index in [1.165, 1.54) is 0 Å². The first kappa shape index (κ1) is 53.8. The van der Waals surface area contributed by atoms with Gasteiger partial charge in [-0.15, -0.1) is 74.4 Å². The largest absolute Gasteiger partial charge is 0.310 e. The second-order valence-corrected chi connectivity index (χ2v) is 13.8. The van der Waals surface area contributed by atoms with Crippen LogP contribution in [0, 0.1) is 0 Å². The van der Waals surface area contributed by atoms with Crippen molar-refractivity contribution in [3.8, 4) is 0 Å². The Morgan fingerprint density at radius 3 is 1.10 bits per heavy atom. The van der Waals surface area contributed by atoms with Crippen LogP contribution < -0.4 is 31.9 Å². The van der Waals surface area contributed by atoms with Crippen LogP contribution in [-0.2, 0) is 39.3 Å². The quantitative estimate of drug-likeness (QED) is 0.0861. The van der Waals surface area contributed by atoms with Gasteiger partial charge in [-0.3, -0.25) is 19.8 Å². The molecule has 4 aromatic heterocycles. The fourth-order valence-corrected chi connectivity index (χ4v) is 6.89. The zero-order chi connectivity index (χ0) is 35.2. The van der Waals surface area contributed by atoms with E-state index in [2.05, 4.69) is 114 Å². The lowest BCUT2D eigenvalue weighted by atomic mass is 10.1. The molecule has 5 aromatic rings. The van der Waals surface area contributed by atoms with Crippen LogP contribution in [0.15, 0.2) is 72.8 Å². The second-order valence-electron chi connectivity index (χ2n) is 13.8. The Hall–Kier alpha value is -2.24. The number of nitrogens with zero attached hydrogens (tertiary/aromatic N) is 6. The van der Waals surface area contributed by atoms with Crippen molar-refractivity contribution in [2.75, 3.05) is 78.5 Å². The summed E-state index contributed by atoms with van der Waals surface area (Å²) in [7, 11) is 0. The minimum Gasteiger partial charge on any atom is -0.310 e. The zero-order valence-corrected chi connectivity index (χ0v) is 37.7. The third-order valence-electron chi connectivity index (χ3n) is 9.83. The van der Waals surface area contributed by atoms with Crippen LogP contribution in [-0.4, -0.2) is 108 Å². The summed E-state index contributed by atoms with van der Waals surface area (Å²) < 4.78 is 0. The fraction of sp³-hybridized carbons (Fsp3) is 0.450. The van der Waals surface area contributed by atoms with Gasteiger partial charge in [0.15, 0.2) is 0 Å². The molecule has 0 aliphatic carbocycles. The molecule has 0 atom stereocenters. The summed E-state index contributed by atoms with van der Waals surface area (Å²) >= 11 is 0. The molecule has 7 rings (SSSR count). The summed E-state index contributed by atoms with van der Waals surface area (Å²) in [5.41, 5.74) is 8.42. The molecule has 0 saturated heterocycles. The third-order valence-corrected chi connectivity index (χ3v) is 9.83. The van der Waals surface area contributed by atoms with E-state index in [-0.39, 0.29) is 74.4 Å². The molecule has 58 heavy (non-hydrogen) atoms. The molecule has 0 fully saturated rings. The van der Waals surface area contributed by atoms with Gasteiger partial charge in [-0.2, -0.15) is 0 Å². The molecule has 1 aromatic carbocycles. The Labute approximate surface area is 380 Å². The van der Waals surface area contributed by atoms with Crippen molar-refractivity contribution in [1.82, 2.24) is 61.6 Å². The average Bonchev–Trinajstić information content (AvgIpc) is 3.17. The van der Waals surface area contributed by atoms with Crippen LogP contribution in [0.5, 0.6) is 0 Å². The SMILES string of the molecule is Cl.Cl.Cl.Cl.Cl.Cl.c1cc2nc(c1)CNCCN(CCNCc1ccc3ccc4ccc(CNCCN5CCNCc6cccc(n6)CNCC5)nc4c3n1)CCNC2. The van der Waals surface area contributed by atoms with Gasteiger partial charge in [0, 0.05) is 129 Å². The summed E-state index contributed by atoms with van der Waals surface area (Å²) in [5, 5.41) is 23.8. The van der Waals surface area contributed by atoms with E-state index in [0.717, 1.165) is 174 Å². The van der Waals surface area contributed by atoms with Crippen molar-refractivity contribution in [2.45, 2.75) is 39.3 Å². The van der Waals surface area contributed by atoms with Crippen molar-refractivity contribution in [1.29, 1.82) is 0 Å². The Morgan fingerprint density at radius 2 is 0.759 bits per heavy atom. The zero-order valence-electron chi connectivity index (χ0n) is 32.8. The Balaban J connectivity index is 0.00000280. The molecule has 0 saturated carbocycles. The number of hydrogen-bond donors (Lipinski definition) is 6. The van der Waals surface area contributed by atoms with Gasteiger partial charge in [-0.25, -0.2) is 9.97 Å². The maximum atomic E-state index is 5.11. The van der Waals surface area contributed by atoms with Gasteiger partial charge in [0.2, 0.25) is 0 Å². The van der Waals surface area contributed by atoms with Crippen LogP contribution in [0.25, 0.3) is 21.8 Å². The number of halogens is 6. The molecule has 12 nitrogen and oxygen atoms in total. The van der Waals surface area contributed by atoms with Crippen LogP contribution in [0.1, 0.15) is 34.2 Å². The van der Waals surface area contributed by atoms with Crippen LogP contribution in [0.2, 0.25) is 0 Å². The number of hydrogen-bond acceptors (Lipinski definition) is 12. The summed E-state index contributed by atoms with van der Waals surface area (Å²) in [4.78, 5) is 24.7. The maximum Gasteiger partial charge on any atom is 0.0968 e. The van der Waals surface area contributed by atoms with E-state index in [4.69, 9.17) is 19.9 Å². The number of pyridine rings is 4. The second kappa shape index (κ2) is 29.1. The molecular weight excluding hydrogens is 861 g/mol. The molecular formula is C40H60Cl6N12. The Kier molecular flexibility index (Phi) is 27.0. The fourth-order valence-electron chi connectivity index (χ4n) is 6.89. The summed E-state index contributed by atoms with van der Waals surface area (Å²) in [5.74, 6) is 0. The van der Waals surface area contributed by atoms with E-state index in [1.807, 2.05) is 0 Å². The lowest BCUT2D eigenvalue weighted by molar-refractivity contribution is 0.270. The predicted octanol–water partition coefficient (Wildman–Crippen LogP) is 4.67. The molecule has 6 heterocycles. The molecule has 0 spiro atoms. The Morgan fingerprint density at radius 1 is 0.431 bits per heavy atom. The van der Waals surface area contributed by atoms with Gasteiger partial charge >= 0.3 is 0 Å². The van der Waals surface area contributed by atoms with Crippen LogP contribution >= 0.6 is 74.4 Å². The molecule has 18 heteroatoms. The number of rotatable bonds is 10. The highest BCUT2D eigenvalue weighted by Crippen LogP contribution is 2.23. The molecule has 0 radical (unpaired) electrons. The van der Waals surface area contributed by atoms with Crippen molar-refractivity contribution in [2.24, 2.45) is 0 Å². The number of fused-ring (bicyclic) bond motifs is 7. The highest BCUT2D eigenvalue weighted by Gasteiger charge is 2.11. The molecule has 322 valence electrons. The van der Waals surface area contributed by atoms with E-state index >= 15 is 0 Å². The highest BCUT2D eigenvalue weighted by molar-refractivity contribution is 6.02. The highest BCUT2D eigenvalue weighted by atomic mass is 35.5. The molecule has 0 unspecified atom stereocenters. The summed E-state index contributed by atoms with van der Waals surface area (Å²) in [6.07, 6.45) is 0. The van der Waals surface area contributed by atoms with Crippen LogP contribution in [0.3, 0.4) is 0 Å². The van der Waals surface area contributed by atoms with E-state index in [0.29, 0.717) is 0 Å². The average molecular weight is 922 g/mol. The van der Waals surface area contributed by atoms with E-state index in [1.54, 1.807) is 0 Å². The number of nitrogens with one attached hydrogen (secondary N) is 6. The smallest absolute Gasteiger partial charge is 0.0968 e. The topological polar surface area (TPSA) is 130 Å². The number of aromatic nitrogens is 4. The lowest BCUT2D eigenvalue weighted by Crippen LogP contribution is -2.40. The van der Waals surface area contributed by atoms with Crippen molar-refractivity contribution in [3.63, 3.8) is 0 Å². The minimum atomic E-state index is 0. The first-order chi connectivity index (χ1) is 25.7. The first-order valence-corrected chi connectivity index (χ1v) is 19.0. The molecule has 6 N–H and O–H groups in total. The normalized spacial score (nSPS) is 15.4. The van der Waals surface area contributed by atoms with Gasteiger partial charge in [0.25, 0.3) is 0 Å². The van der Waals surface area contributed by atoms with Crippen LogP contribution in [0.4, 0.5) is 0 Å². The van der Waals surface area contributed by atoms with Gasteiger partial charge in [0.05, 0.1) is 45.2 Å². The molecule has 0 amide bonds. The number of benzene rings is 1. The monoisotopic (exact) mass is 918 g/mol. The van der Waals surface area contributed by atoms with Crippen molar-refractivity contribution < 1.29 is 0 Å². The van der Waals surface area contributed by atoms with Gasteiger partial charge in [0.1, 0.15) is 0 Å². The standard InChI is InChI=1S/C40H54N12.6ClH/c1-3-33-25-41-13-19-51(20-14-42-26-34(4-1)47-33)23-17-45-29-37-11-9-31-7-8-32-10-12-38(50-40(32)39(31)49-37)30-46-18-24-52-21-15-43-27-35-5-2-6-36(48-35)28-44-16-22-52;;;;;;/h1-12,41-46H,13-30H2;6*1H. The van der Waals surface area contributed by atoms with E-state index in [9.17, 15) is 0 Å². The Bertz CT molecular complexity index is 1710. The third kappa shape index (κ3) is 16.7. The predicted molar refractivity (Wildman–Crippen MR) is 252 cm³/mol. The molecule has 2 aliphatic heterocycles. The van der Waals surface area contributed by atoms with Gasteiger partial charge in [-0.05, 0) is 36.4 Å². The van der Waals surface area contributed by atoms with E-state index < -0.39 is 0 Å². The maximum absolute atomic E-state index is 5.11. The summed E-state index contributed by atoms with van der Waals surface area (Å²) in [6.45, 7) is 16.2. The first-order valence-electron chi connectivity index (χ1n) is 19.0. The van der Waals surface area contributed by atoms with Gasteiger partial charge in [-0.1, -0.05) is 36.4 Å². The van der Waals surface area contributed by atoms with Crippen molar-refractivity contribution in [3.05, 3.63) is 107 Å².